The molecule has 4 rings (SSSR count). The third-order valence-corrected chi connectivity index (χ3v) is 9.36. The van der Waals surface area contributed by atoms with Crippen molar-refractivity contribution in [1.29, 1.82) is 0 Å². The van der Waals surface area contributed by atoms with E-state index in [9.17, 15) is 5.41 Å². The normalized spacial score (nSPS) is 30.0. The number of halogens is 2. The molecule has 5 heteroatoms. The van der Waals surface area contributed by atoms with E-state index in [-0.39, 0.29) is 7.43 Å². The molecule has 0 radical (unpaired) electrons. The molecule has 34 heavy (non-hydrogen) atoms. The SMILES string of the molecule is CC1C(C)C(C)C(c2ccccc2C(=[N-])N(C2CCCCC2)C2CCCCC2)C1C.[CH3-].[Cl][Ti][Cl]. The first-order valence-electron chi connectivity index (χ1n) is 13.3. The van der Waals surface area contributed by atoms with Gasteiger partial charge in [0.2, 0.25) is 0 Å². The minimum absolute atomic E-state index is 0. The number of amidine groups is 1. The van der Waals surface area contributed by atoms with Crippen LogP contribution in [0.5, 0.6) is 0 Å². The fourth-order valence-corrected chi connectivity index (χ4v) is 7.15. The quantitative estimate of drug-likeness (QED) is 0.161. The van der Waals surface area contributed by atoms with Crippen LogP contribution in [0.15, 0.2) is 24.3 Å². The molecule has 192 valence electrons. The molecule has 0 bridgehead atoms. The summed E-state index contributed by atoms with van der Waals surface area (Å²) in [6.07, 6.45) is 12.9. The van der Waals surface area contributed by atoms with Gasteiger partial charge in [0.1, 0.15) is 0 Å². The summed E-state index contributed by atoms with van der Waals surface area (Å²) in [5.74, 6) is 3.90. The Kier molecular flexibility index (Phi) is 13.0. The Morgan fingerprint density at radius 3 is 1.62 bits per heavy atom. The van der Waals surface area contributed by atoms with Gasteiger partial charge in [-0.15, -0.1) is 0 Å². The van der Waals surface area contributed by atoms with E-state index in [2.05, 4.69) is 56.9 Å². The van der Waals surface area contributed by atoms with Crippen molar-refractivity contribution in [1.82, 2.24) is 4.90 Å². The van der Waals surface area contributed by atoms with Gasteiger partial charge in [-0.1, -0.05) is 122 Å². The van der Waals surface area contributed by atoms with Crippen molar-refractivity contribution in [3.05, 3.63) is 48.2 Å². The Morgan fingerprint density at radius 2 is 1.18 bits per heavy atom. The molecule has 1 aromatic rings. The maximum absolute atomic E-state index is 11.9. The molecule has 3 saturated carbocycles. The van der Waals surface area contributed by atoms with Gasteiger partial charge >= 0.3 is 35.6 Å². The van der Waals surface area contributed by atoms with Gasteiger partial charge in [-0.2, -0.15) is 0 Å². The molecule has 3 aliphatic rings. The first kappa shape index (κ1) is 30.2. The van der Waals surface area contributed by atoms with Crippen LogP contribution in [0.4, 0.5) is 0 Å². The van der Waals surface area contributed by atoms with E-state index < -0.39 is 17.0 Å². The average Bonchev–Trinajstić information content (AvgIpc) is 3.03. The third-order valence-electron chi connectivity index (χ3n) is 9.36. The van der Waals surface area contributed by atoms with E-state index in [4.69, 9.17) is 18.6 Å². The fraction of sp³-hybridized carbons (Fsp3) is 0.724. The average molecular weight is 541 g/mol. The predicted molar refractivity (Wildman–Crippen MR) is 147 cm³/mol. The number of hydrogen-bond acceptors (Lipinski definition) is 0. The molecule has 3 fully saturated rings. The Labute approximate surface area is 227 Å². The van der Waals surface area contributed by atoms with E-state index in [1.54, 1.807) is 0 Å². The van der Waals surface area contributed by atoms with Crippen molar-refractivity contribution in [2.45, 2.75) is 110 Å². The second-order valence-corrected chi connectivity index (χ2v) is 13.5. The Hall–Kier alpha value is -0.0157. The number of rotatable bonds is 4. The van der Waals surface area contributed by atoms with E-state index in [1.165, 1.54) is 69.8 Å². The van der Waals surface area contributed by atoms with Gasteiger partial charge in [0.15, 0.2) is 0 Å². The molecule has 4 unspecified atom stereocenters. The summed E-state index contributed by atoms with van der Waals surface area (Å²) in [4.78, 5) is 2.51. The molecule has 0 N–H and O–H groups in total. The second-order valence-electron chi connectivity index (χ2n) is 10.9. The third kappa shape index (κ3) is 6.84. The zero-order chi connectivity index (χ0) is 24.0. The first-order valence-corrected chi connectivity index (χ1v) is 17.6. The standard InChI is InChI=1S/C28H43N2.CH3.2ClH.Ti/c1-19-20(2)22(4)27(21(19)3)25-17-11-12-18-26(25)28(29)30(23-13-7-5-8-14-23)24-15-9-6-10-16-24;;;;/h11-12,17-24,27H,5-10,13-16H2,1-4H3;1H3;2*1H;/q2*-1;;;+2/p-2. The van der Waals surface area contributed by atoms with Gasteiger partial charge in [-0.05, 0) is 52.8 Å². The van der Waals surface area contributed by atoms with Crippen LogP contribution in [0.1, 0.15) is 109 Å². The first-order chi connectivity index (χ1) is 15.9. The van der Waals surface area contributed by atoms with Crippen LogP contribution in [-0.4, -0.2) is 22.8 Å². The molecule has 4 atom stereocenters. The number of nitrogens with zero attached hydrogens (tertiary/aromatic N) is 2. The summed E-state index contributed by atoms with van der Waals surface area (Å²) < 4.78 is 0. The Balaban J connectivity index is 0.000000970. The number of benzene rings is 1. The van der Waals surface area contributed by atoms with E-state index >= 15 is 0 Å². The summed E-state index contributed by atoms with van der Waals surface area (Å²) in [6, 6.07) is 9.87. The zero-order valence-corrected chi connectivity index (χ0v) is 25.1. The molecular formula is C29H46Cl2N2Ti-2. The molecule has 1 aromatic carbocycles. The molecular weight excluding hydrogens is 495 g/mol. The van der Waals surface area contributed by atoms with Crippen molar-refractivity contribution in [2.24, 2.45) is 23.7 Å². The molecule has 0 aromatic heterocycles. The van der Waals surface area contributed by atoms with Gasteiger partial charge in [-0.3, -0.25) is 0 Å². The van der Waals surface area contributed by atoms with Gasteiger partial charge < -0.3 is 17.7 Å². The topological polar surface area (TPSA) is 25.5 Å². The van der Waals surface area contributed by atoms with Crippen LogP contribution in [0, 0.1) is 31.1 Å². The van der Waals surface area contributed by atoms with Gasteiger partial charge in [0, 0.05) is 0 Å². The van der Waals surface area contributed by atoms with Crippen LogP contribution >= 0.6 is 18.6 Å². The molecule has 0 amide bonds. The Morgan fingerprint density at radius 1 is 0.765 bits per heavy atom. The van der Waals surface area contributed by atoms with E-state index in [0.717, 1.165) is 17.4 Å². The molecule has 2 nitrogen and oxygen atoms in total. The van der Waals surface area contributed by atoms with Crippen LogP contribution in [0.25, 0.3) is 5.41 Å². The summed E-state index contributed by atoms with van der Waals surface area (Å²) in [6.45, 7) is 9.72. The van der Waals surface area contributed by atoms with Gasteiger partial charge in [-0.25, -0.2) is 0 Å². The van der Waals surface area contributed by atoms with Crippen LogP contribution in [-0.2, 0) is 17.0 Å². The molecule has 0 spiro atoms. The van der Waals surface area contributed by atoms with Gasteiger partial charge in [0.05, 0.1) is 0 Å². The van der Waals surface area contributed by atoms with Crippen molar-refractivity contribution >= 4 is 24.4 Å². The van der Waals surface area contributed by atoms with Crippen molar-refractivity contribution < 1.29 is 17.0 Å². The van der Waals surface area contributed by atoms with Crippen LogP contribution in [0.3, 0.4) is 0 Å². The Bertz CT molecular complexity index is 713. The van der Waals surface area contributed by atoms with Crippen LogP contribution in [0.2, 0.25) is 0 Å². The monoisotopic (exact) mass is 540 g/mol. The maximum atomic E-state index is 11.9. The fourth-order valence-electron chi connectivity index (χ4n) is 7.15. The summed E-state index contributed by atoms with van der Waals surface area (Å²) in [5, 5.41) is 11.9. The summed E-state index contributed by atoms with van der Waals surface area (Å²) >= 11 is -0.556. The van der Waals surface area contributed by atoms with Crippen molar-refractivity contribution in [2.75, 3.05) is 0 Å². The van der Waals surface area contributed by atoms with Crippen molar-refractivity contribution in [3.8, 4) is 0 Å². The predicted octanol–water partition coefficient (Wildman–Crippen LogP) is 9.44. The number of hydrogen-bond donors (Lipinski definition) is 0. The summed E-state index contributed by atoms with van der Waals surface area (Å²) in [5.41, 5.74) is 2.52. The minimum atomic E-state index is -0.556. The van der Waals surface area contributed by atoms with E-state index in [0.29, 0.717) is 35.7 Å². The van der Waals surface area contributed by atoms with Crippen molar-refractivity contribution in [3.63, 3.8) is 0 Å². The zero-order valence-electron chi connectivity index (χ0n) is 22.1. The van der Waals surface area contributed by atoms with Gasteiger partial charge in [0.25, 0.3) is 0 Å². The molecule has 0 heterocycles. The molecule has 0 saturated heterocycles. The molecule has 3 aliphatic carbocycles. The summed E-state index contributed by atoms with van der Waals surface area (Å²) in [7, 11) is 9.78. The van der Waals surface area contributed by atoms with Crippen LogP contribution < -0.4 is 0 Å². The second kappa shape index (κ2) is 14.7. The molecule has 0 aliphatic heterocycles. The van der Waals surface area contributed by atoms with E-state index in [1.807, 2.05) is 0 Å².